The number of carbonyl (C=O) groups excluding carboxylic acids is 2. The van der Waals surface area contributed by atoms with Crippen LogP contribution in [0.15, 0.2) is 22.8 Å². The van der Waals surface area contributed by atoms with E-state index >= 15 is 0 Å². The Labute approximate surface area is 146 Å². The molecule has 132 valence electrons. The Morgan fingerprint density at radius 1 is 1.32 bits per heavy atom. The van der Waals surface area contributed by atoms with Gasteiger partial charge in [-0.05, 0) is 49.8 Å². The van der Waals surface area contributed by atoms with Crippen LogP contribution in [0.3, 0.4) is 0 Å². The summed E-state index contributed by atoms with van der Waals surface area (Å²) in [5.74, 6) is 1.04. The van der Waals surface area contributed by atoms with Crippen molar-refractivity contribution in [3.05, 3.63) is 46.7 Å². The lowest BCUT2D eigenvalue weighted by Crippen LogP contribution is -2.18. The minimum atomic E-state index is -0.346. The van der Waals surface area contributed by atoms with Gasteiger partial charge in [-0.3, -0.25) is 4.79 Å². The zero-order chi connectivity index (χ0) is 17.4. The summed E-state index contributed by atoms with van der Waals surface area (Å²) in [7, 11) is 0. The van der Waals surface area contributed by atoms with Crippen LogP contribution in [0.1, 0.15) is 75.9 Å². The standard InChI is InChI=1S/C20H23NO4/c1-12-18-15(9-14(10-16(18)22)17-7-4-8-24-17)21-19(12)20(23)25-11-13-5-2-3-6-13/h4,7-8,13-14,21H,2-3,5-6,9-11H2,1H3. The molecule has 0 saturated heterocycles. The molecule has 1 N–H and O–H groups in total. The van der Waals surface area contributed by atoms with Gasteiger partial charge in [0, 0.05) is 23.6 Å². The number of aromatic nitrogens is 1. The first-order chi connectivity index (χ1) is 12.1. The van der Waals surface area contributed by atoms with Gasteiger partial charge in [-0.15, -0.1) is 0 Å². The van der Waals surface area contributed by atoms with E-state index in [2.05, 4.69) is 4.98 Å². The number of nitrogens with one attached hydrogen (secondary N) is 1. The Kier molecular flexibility index (Phi) is 4.24. The fraction of sp³-hybridized carbons (Fsp3) is 0.500. The summed E-state index contributed by atoms with van der Waals surface area (Å²) in [5.41, 5.74) is 2.63. The average molecular weight is 341 g/mol. The first-order valence-electron chi connectivity index (χ1n) is 9.08. The van der Waals surface area contributed by atoms with Crippen molar-refractivity contribution in [1.82, 2.24) is 4.98 Å². The molecule has 2 aliphatic rings. The first kappa shape index (κ1) is 16.2. The lowest BCUT2D eigenvalue weighted by atomic mass is 9.84. The van der Waals surface area contributed by atoms with Gasteiger partial charge in [0.1, 0.15) is 11.5 Å². The van der Waals surface area contributed by atoms with E-state index in [0.29, 0.717) is 42.2 Å². The number of carbonyl (C=O) groups is 2. The summed E-state index contributed by atoms with van der Waals surface area (Å²) in [5, 5.41) is 0. The molecular formula is C20H23NO4. The van der Waals surface area contributed by atoms with Gasteiger partial charge in [0.25, 0.3) is 0 Å². The number of aromatic amines is 1. The molecule has 25 heavy (non-hydrogen) atoms. The third-order valence-electron chi connectivity index (χ3n) is 5.56. The molecule has 1 unspecified atom stereocenters. The van der Waals surface area contributed by atoms with Crippen LogP contribution in [-0.2, 0) is 11.2 Å². The number of H-pyrrole nitrogens is 1. The Balaban J connectivity index is 1.52. The topological polar surface area (TPSA) is 72.3 Å². The zero-order valence-corrected chi connectivity index (χ0v) is 14.5. The van der Waals surface area contributed by atoms with Gasteiger partial charge >= 0.3 is 5.97 Å². The van der Waals surface area contributed by atoms with Gasteiger partial charge in [-0.25, -0.2) is 4.79 Å². The number of ketones is 1. The van der Waals surface area contributed by atoms with Crippen molar-refractivity contribution >= 4 is 11.8 Å². The number of hydrogen-bond donors (Lipinski definition) is 1. The van der Waals surface area contributed by atoms with E-state index in [1.165, 1.54) is 12.8 Å². The van der Waals surface area contributed by atoms with Crippen LogP contribution in [0, 0.1) is 12.8 Å². The van der Waals surface area contributed by atoms with Crippen LogP contribution < -0.4 is 0 Å². The zero-order valence-electron chi connectivity index (χ0n) is 14.5. The molecule has 0 radical (unpaired) electrons. The molecule has 5 heteroatoms. The third-order valence-corrected chi connectivity index (χ3v) is 5.56. The van der Waals surface area contributed by atoms with E-state index < -0.39 is 0 Å². The maximum atomic E-state index is 12.6. The van der Waals surface area contributed by atoms with Crippen LogP contribution in [0.2, 0.25) is 0 Å². The number of Topliss-reactive ketones (excluding diaryl/α,β-unsaturated/α-hetero) is 1. The molecule has 0 bridgehead atoms. The second-order valence-corrected chi connectivity index (χ2v) is 7.27. The molecule has 1 fully saturated rings. The average Bonchev–Trinajstić information content (AvgIpc) is 3.34. The van der Waals surface area contributed by atoms with Crippen molar-refractivity contribution < 1.29 is 18.7 Å². The van der Waals surface area contributed by atoms with Crippen molar-refractivity contribution in [2.24, 2.45) is 5.92 Å². The summed E-state index contributed by atoms with van der Waals surface area (Å²) in [6, 6.07) is 3.73. The number of fused-ring (bicyclic) bond motifs is 1. The fourth-order valence-electron chi connectivity index (χ4n) is 4.21. The number of ether oxygens (including phenoxy) is 1. The predicted molar refractivity (Wildman–Crippen MR) is 91.9 cm³/mol. The van der Waals surface area contributed by atoms with E-state index in [1.807, 2.05) is 19.1 Å². The summed E-state index contributed by atoms with van der Waals surface area (Å²) in [4.78, 5) is 28.2. The van der Waals surface area contributed by atoms with Crippen LogP contribution in [0.4, 0.5) is 0 Å². The molecule has 2 aromatic heterocycles. The van der Waals surface area contributed by atoms with Crippen LogP contribution in [0.25, 0.3) is 0 Å². The molecule has 1 atom stereocenters. The van der Waals surface area contributed by atoms with Crippen molar-refractivity contribution in [3.8, 4) is 0 Å². The van der Waals surface area contributed by atoms with E-state index in [0.717, 1.165) is 24.3 Å². The maximum absolute atomic E-state index is 12.6. The smallest absolute Gasteiger partial charge is 0.355 e. The highest BCUT2D eigenvalue weighted by molar-refractivity contribution is 6.03. The van der Waals surface area contributed by atoms with Gasteiger partial charge in [0.05, 0.1) is 12.9 Å². The molecule has 1 saturated carbocycles. The summed E-state index contributed by atoms with van der Waals surface area (Å²) in [6.45, 7) is 2.30. The number of hydrogen-bond acceptors (Lipinski definition) is 4. The van der Waals surface area contributed by atoms with Gasteiger partial charge < -0.3 is 14.1 Å². The van der Waals surface area contributed by atoms with Crippen molar-refractivity contribution in [2.75, 3.05) is 6.61 Å². The number of rotatable bonds is 4. The van der Waals surface area contributed by atoms with Crippen molar-refractivity contribution in [2.45, 2.75) is 51.4 Å². The minimum absolute atomic E-state index is 0.0235. The summed E-state index contributed by atoms with van der Waals surface area (Å²) < 4.78 is 11.0. The Hall–Kier alpha value is -2.30. The third kappa shape index (κ3) is 3.03. The van der Waals surface area contributed by atoms with E-state index in [9.17, 15) is 9.59 Å². The lowest BCUT2D eigenvalue weighted by molar-refractivity contribution is 0.0435. The molecule has 0 aromatic carbocycles. The molecule has 0 amide bonds. The Morgan fingerprint density at radius 3 is 2.84 bits per heavy atom. The molecule has 2 aromatic rings. The second-order valence-electron chi connectivity index (χ2n) is 7.27. The monoisotopic (exact) mass is 341 g/mol. The van der Waals surface area contributed by atoms with E-state index in [4.69, 9.17) is 9.15 Å². The molecule has 4 rings (SSSR count). The molecule has 5 nitrogen and oxygen atoms in total. The van der Waals surface area contributed by atoms with Gasteiger partial charge in [0.15, 0.2) is 5.78 Å². The highest BCUT2D eigenvalue weighted by Crippen LogP contribution is 2.35. The Bertz CT molecular complexity index is 781. The molecule has 2 aliphatic carbocycles. The largest absolute Gasteiger partial charge is 0.469 e. The van der Waals surface area contributed by atoms with Gasteiger partial charge in [0.2, 0.25) is 0 Å². The summed E-state index contributed by atoms with van der Waals surface area (Å²) in [6.07, 6.45) is 7.43. The van der Waals surface area contributed by atoms with Crippen LogP contribution in [0.5, 0.6) is 0 Å². The maximum Gasteiger partial charge on any atom is 0.355 e. The lowest BCUT2D eigenvalue weighted by Gasteiger charge is -2.19. The van der Waals surface area contributed by atoms with Crippen LogP contribution in [-0.4, -0.2) is 23.3 Å². The SMILES string of the molecule is Cc1c(C(=O)OCC2CCCC2)[nH]c2c1C(=O)CC(c1ccco1)C2. The Morgan fingerprint density at radius 2 is 2.12 bits per heavy atom. The second kappa shape index (κ2) is 6.54. The summed E-state index contributed by atoms with van der Waals surface area (Å²) >= 11 is 0. The predicted octanol–water partition coefficient (Wildman–Crippen LogP) is 4.18. The highest BCUT2D eigenvalue weighted by Gasteiger charge is 2.33. The number of furan rings is 1. The minimum Gasteiger partial charge on any atom is -0.469 e. The quantitative estimate of drug-likeness (QED) is 0.847. The van der Waals surface area contributed by atoms with E-state index in [1.54, 1.807) is 6.26 Å². The molecule has 0 spiro atoms. The fourth-order valence-corrected chi connectivity index (χ4v) is 4.21. The normalized spacial score (nSPS) is 20.7. The van der Waals surface area contributed by atoms with E-state index in [-0.39, 0.29) is 17.7 Å². The number of esters is 1. The van der Waals surface area contributed by atoms with Crippen LogP contribution >= 0.6 is 0 Å². The molecular weight excluding hydrogens is 318 g/mol. The van der Waals surface area contributed by atoms with Crippen molar-refractivity contribution in [3.63, 3.8) is 0 Å². The van der Waals surface area contributed by atoms with Crippen molar-refractivity contribution in [1.29, 1.82) is 0 Å². The first-order valence-corrected chi connectivity index (χ1v) is 9.08. The molecule has 0 aliphatic heterocycles. The molecule has 2 heterocycles. The van der Waals surface area contributed by atoms with Gasteiger partial charge in [-0.2, -0.15) is 0 Å². The van der Waals surface area contributed by atoms with Gasteiger partial charge in [-0.1, -0.05) is 12.8 Å². The highest BCUT2D eigenvalue weighted by atomic mass is 16.5.